The predicted octanol–water partition coefficient (Wildman–Crippen LogP) is -0.188. The molecule has 0 saturated carbocycles. The van der Waals surface area contributed by atoms with Gasteiger partial charge in [-0.25, -0.2) is 4.79 Å². The van der Waals surface area contributed by atoms with Gasteiger partial charge in [0.2, 0.25) is 0 Å². The summed E-state index contributed by atoms with van der Waals surface area (Å²) in [6, 6.07) is 0. The number of amides is 1. The highest BCUT2D eigenvalue weighted by atomic mass is 16.5. The number of nitrogens with zero attached hydrogens (tertiary/aromatic N) is 1. The Morgan fingerprint density at radius 1 is 1.38 bits per heavy atom. The number of likely N-dealkylation sites (tertiary alicyclic amines) is 1. The number of hydrogen-bond donors (Lipinski definition) is 1. The summed E-state index contributed by atoms with van der Waals surface area (Å²) >= 11 is 0. The van der Waals surface area contributed by atoms with Crippen molar-refractivity contribution in [2.45, 2.75) is 0 Å². The van der Waals surface area contributed by atoms with E-state index in [0.29, 0.717) is 26.3 Å². The van der Waals surface area contributed by atoms with Gasteiger partial charge < -0.3 is 14.7 Å². The number of fused-ring (bicyclic) bond motifs is 2. The van der Waals surface area contributed by atoms with Gasteiger partial charge in [-0.3, -0.25) is 4.79 Å². The van der Waals surface area contributed by atoms with Gasteiger partial charge in [-0.05, 0) is 0 Å². The fraction of sp³-hybridized carbons (Fsp3) is 0.750. The fourth-order valence-electron chi connectivity index (χ4n) is 1.90. The number of rotatable bonds is 0. The average Bonchev–Trinajstić information content (AvgIpc) is 2.02. The second kappa shape index (κ2) is 2.99. The van der Waals surface area contributed by atoms with E-state index in [0.717, 1.165) is 0 Å². The number of hydrogen-bond acceptors (Lipinski definition) is 3. The summed E-state index contributed by atoms with van der Waals surface area (Å²) in [5, 5.41) is 8.75. The van der Waals surface area contributed by atoms with Crippen LogP contribution < -0.4 is 0 Å². The number of piperidine rings is 1. The topological polar surface area (TPSA) is 66.8 Å². The van der Waals surface area contributed by atoms with Crippen LogP contribution in [0.25, 0.3) is 0 Å². The molecule has 2 heterocycles. The molecule has 5 nitrogen and oxygen atoms in total. The summed E-state index contributed by atoms with van der Waals surface area (Å²) in [7, 11) is 0. The van der Waals surface area contributed by atoms with Crippen LogP contribution in [0.1, 0.15) is 0 Å². The second-order valence-corrected chi connectivity index (χ2v) is 3.52. The van der Waals surface area contributed by atoms with Crippen molar-refractivity contribution >= 4 is 11.9 Å². The van der Waals surface area contributed by atoms with Gasteiger partial charge in [0.25, 0.3) is 0 Å². The van der Waals surface area contributed by atoms with E-state index in [1.54, 1.807) is 0 Å². The molecule has 0 aromatic heterocycles. The maximum Gasteiger partial charge on any atom is 0.407 e. The Morgan fingerprint density at radius 2 is 1.92 bits per heavy atom. The van der Waals surface area contributed by atoms with Crippen molar-refractivity contribution in [3.05, 3.63) is 0 Å². The van der Waals surface area contributed by atoms with Gasteiger partial charge in [0, 0.05) is 13.1 Å². The van der Waals surface area contributed by atoms with E-state index >= 15 is 0 Å². The van der Waals surface area contributed by atoms with Crippen molar-refractivity contribution in [1.29, 1.82) is 0 Å². The van der Waals surface area contributed by atoms with Crippen molar-refractivity contribution in [3.63, 3.8) is 0 Å². The van der Waals surface area contributed by atoms with Crippen molar-refractivity contribution in [1.82, 2.24) is 4.90 Å². The Bertz CT molecular complexity index is 237. The molecule has 2 bridgehead atoms. The zero-order valence-corrected chi connectivity index (χ0v) is 7.10. The largest absolute Gasteiger partial charge is 0.465 e. The van der Waals surface area contributed by atoms with E-state index in [4.69, 9.17) is 9.84 Å². The van der Waals surface area contributed by atoms with Gasteiger partial charge in [0.15, 0.2) is 0 Å². The van der Waals surface area contributed by atoms with Crippen LogP contribution >= 0.6 is 0 Å². The fourth-order valence-corrected chi connectivity index (χ4v) is 1.90. The van der Waals surface area contributed by atoms with Crippen LogP contribution in [-0.4, -0.2) is 48.2 Å². The number of ether oxygens (including phenoxy) is 1. The van der Waals surface area contributed by atoms with Gasteiger partial charge in [-0.1, -0.05) is 0 Å². The maximum absolute atomic E-state index is 11.5. The van der Waals surface area contributed by atoms with Gasteiger partial charge in [0.05, 0.1) is 25.0 Å². The Morgan fingerprint density at radius 3 is 2.38 bits per heavy atom. The van der Waals surface area contributed by atoms with Crippen LogP contribution in [0, 0.1) is 11.8 Å². The normalized spacial score (nSPS) is 33.2. The number of Topliss-reactive ketones (excluding diaryl/α,β-unsaturated/α-hetero) is 1. The van der Waals surface area contributed by atoms with E-state index in [1.165, 1.54) is 4.90 Å². The quantitative estimate of drug-likeness (QED) is 0.568. The van der Waals surface area contributed by atoms with Gasteiger partial charge in [-0.15, -0.1) is 0 Å². The summed E-state index contributed by atoms with van der Waals surface area (Å²) in [4.78, 5) is 23.4. The summed E-state index contributed by atoms with van der Waals surface area (Å²) in [5.41, 5.74) is 0. The Balaban J connectivity index is 2.11. The molecule has 2 atom stereocenters. The lowest BCUT2D eigenvalue weighted by Gasteiger charge is -2.38. The van der Waals surface area contributed by atoms with Crippen LogP contribution in [0.4, 0.5) is 4.79 Å². The monoisotopic (exact) mass is 185 g/mol. The van der Waals surface area contributed by atoms with Crippen LogP contribution in [0.2, 0.25) is 0 Å². The summed E-state index contributed by atoms with van der Waals surface area (Å²) < 4.78 is 5.19. The smallest absolute Gasteiger partial charge is 0.407 e. The molecule has 5 heteroatoms. The third-order valence-electron chi connectivity index (χ3n) is 2.59. The zero-order valence-electron chi connectivity index (χ0n) is 7.10. The minimum atomic E-state index is -0.940. The molecule has 2 fully saturated rings. The van der Waals surface area contributed by atoms with Crippen LogP contribution in [0.3, 0.4) is 0 Å². The molecule has 2 saturated heterocycles. The molecule has 0 aromatic rings. The first-order valence-electron chi connectivity index (χ1n) is 4.28. The molecule has 1 N–H and O–H groups in total. The Kier molecular flexibility index (Phi) is 1.95. The Labute approximate surface area is 75.3 Å². The molecular weight excluding hydrogens is 174 g/mol. The molecule has 2 rings (SSSR count). The summed E-state index contributed by atoms with van der Waals surface area (Å²) in [6.45, 7) is 1.34. The first kappa shape index (κ1) is 8.50. The van der Waals surface area contributed by atoms with Crippen molar-refractivity contribution in [2.24, 2.45) is 11.8 Å². The first-order valence-corrected chi connectivity index (χ1v) is 4.28. The Hall–Kier alpha value is -1.10. The molecule has 13 heavy (non-hydrogen) atoms. The molecule has 0 spiro atoms. The molecule has 0 aliphatic carbocycles. The lowest BCUT2D eigenvalue weighted by Crippen LogP contribution is -2.54. The molecule has 2 aliphatic rings. The van der Waals surface area contributed by atoms with Crippen LogP contribution in [-0.2, 0) is 9.53 Å². The van der Waals surface area contributed by atoms with Crippen molar-refractivity contribution in [2.75, 3.05) is 26.3 Å². The number of carbonyl (C=O) groups is 2. The van der Waals surface area contributed by atoms with Crippen LogP contribution in [0.15, 0.2) is 0 Å². The highest BCUT2D eigenvalue weighted by molar-refractivity contribution is 5.86. The lowest BCUT2D eigenvalue weighted by molar-refractivity contribution is -0.143. The zero-order chi connectivity index (χ0) is 9.42. The predicted molar refractivity (Wildman–Crippen MR) is 42.4 cm³/mol. The molecular formula is C8H11NO4. The number of ketones is 1. The van der Waals surface area contributed by atoms with Crippen LogP contribution in [0.5, 0.6) is 0 Å². The van der Waals surface area contributed by atoms with E-state index in [9.17, 15) is 9.59 Å². The summed E-state index contributed by atoms with van der Waals surface area (Å²) in [5.74, 6) is -0.295. The van der Waals surface area contributed by atoms with Crippen molar-refractivity contribution in [3.8, 4) is 0 Å². The molecule has 0 aromatic carbocycles. The molecule has 2 aliphatic heterocycles. The van der Waals surface area contributed by atoms with E-state index in [1.807, 2.05) is 0 Å². The number of carbonyl (C=O) groups excluding carboxylic acids is 1. The minimum Gasteiger partial charge on any atom is -0.465 e. The second-order valence-electron chi connectivity index (χ2n) is 3.52. The molecule has 2 unspecified atom stereocenters. The third-order valence-corrected chi connectivity index (χ3v) is 2.59. The maximum atomic E-state index is 11.5. The lowest BCUT2D eigenvalue weighted by atomic mass is 9.87. The first-order chi connectivity index (χ1) is 6.18. The summed E-state index contributed by atoms with van der Waals surface area (Å²) in [6.07, 6.45) is -0.940. The average molecular weight is 185 g/mol. The molecule has 1 amide bonds. The van der Waals surface area contributed by atoms with E-state index in [2.05, 4.69) is 0 Å². The van der Waals surface area contributed by atoms with Crippen molar-refractivity contribution < 1.29 is 19.4 Å². The van der Waals surface area contributed by atoms with Gasteiger partial charge in [-0.2, -0.15) is 0 Å². The van der Waals surface area contributed by atoms with E-state index in [-0.39, 0.29) is 17.6 Å². The van der Waals surface area contributed by atoms with Gasteiger partial charge >= 0.3 is 6.09 Å². The highest BCUT2D eigenvalue weighted by Gasteiger charge is 2.40. The third kappa shape index (κ3) is 1.39. The molecule has 72 valence electrons. The minimum absolute atomic E-state index is 0.170. The van der Waals surface area contributed by atoms with Gasteiger partial charge in [0.1, 0.15) is 5.78 Å². The molecule has 0 radical (unpaired) electrons. The van der Waals surface area contributed by atoms with E-state index < -0.39 is 6.09 Å². The number of carboxylic acid groups (broad SMARTS) is 1. The highest BCUT2D eigenvalue weighted by Crippen LogP contribution is 2.23. The standard InChI is InChI=1S/C8H11NO4/c10-7-5-1-9(8(11)12)2-6(7)4-13-3-5/h5-6H,1-4H2,(H,11,12). The SMILES string of the molecule is O=C1C2COCC1CN(C(=O)O)C2.